The van der Waals surface area contributed by atoms with Crippen LogP contribution in [0.5, 0.6) is 0 Å². The van der Waals surface area contributed by atoms with Crippen molar-refractivity contribution in [3.63, 3.8) is 0 Å². The molecule has 84 valence electrons. The Labute approximate surface area is 91.3 Å². The van der Waals surface area contributed by atoms with Crippen LogP contribution in [0.1, 0.15) is 15.9 Å². The fourth-order valence-corrected chi connectivity index (χ4v) is 1.80. The van der Waals surface area contributed by atoms with Gasteiger partial charge in [0.2, 0.25) is 0 Å². The number of likely N-dealkylation sites (N-methyl/N-ethyl adjacent to an activating group) is 1. The van der Waals surface area contributed by atoms with Crippen molar-refractivity contribution in [2.45, 2.75) is 12.6 Å². The van der Waals surface area contributed by atoms with E-state index >= 15 is 0 Å². The maximum Gasteiger partial charge on any atom is 0.282 e. The topological polar surface area (TPSA) is 83.7 Å². The number of aliphatic hydroxyl groups excluding tert-OH is 1. The van der Waals surface area contributed by atoms with Gasteiger partial charge in [-0.15, -0.1) is 0 Å². The molecule has 1 heterocycles. The molecule has 0 saturated carbocycles. The van der Waals surface area contributed by atoms with E-state index in [1.165, 1.54) is 19.2 Å². The van der Waals surface area contributed by atoms with Crippen molar-refractivity contribution >= 4 is 11.6 Å². The molecule has 1 amide bonds. The molecule has 1 atom stereocenters. The molecular formula is C10H10N2O4. The molecule has 1 aromatic rings. The highest BCUT2D eigenvalue weighted by molar-refractivity contribution is 6.00. The molecule has 0 aliphatic carbocycles. The average molecular weight is 222 g/mol. The van der Waals surface area contributed by atoms with Crippen LogP contribution in [-0.4, -0.2) is 34.1 Å². The van der Waals surface area contributed by atoms with Gasteiger partial charge in [-0.2, -0.15) is 0 Å². The summed E-state index contributed by atoms with van der Waals surface area (Å²) in [5.41, 5.74) is 0.395. The minimum Gasteiger partial charge on any atom is -0.373 e. The van der Waals surface area contributed by atoms with Crippen molar-refractivity contribution in [1.29, 1.82) is 0 Å². The number of nitro benzene ring substituents is 1. The summed E-state index contributed by atoms with van der Waals surface area (Å²) in [5, 5.41) is 20.3. The van der Waals surface area contributed by atoms with Gasteiger partial charge in [0.15, 0.2) is 0 Å². The number of fused-ring (bicyclic) bond motifs is 1. The first kappa shape index (κ1) is 10.6. The number of rotatable bonds is 1. The first-order chi connectivity index (χ1) is 7.52. The zero-order valence-electron chi connectivity index (χ0n) is 8.58. The van der Waals surface area contributed by atoms with Gasteiger partial charge in [-0.05, 0) is 5.56 Å². The maximum absolute atomic E-state index is 11.8. The van der Waals surface area contributed by atoms with Crippen molar-refractivity contribution < 1.29 is 14.8 Å². The largest absolute Gasteiger partial charge is 0.373 e. The lowest BCUT2D eigenvalue weighted by Gasteiger charge is -2.29. The van der Waals surface area contributed by atoms with E-state index in [9.17, 15) is 20.0 Å². The highest BCUT2D eigenvalue weighted by Gasteiger charge is 2.33. The van der Waals surface area contributed by atoms with Crippen LogP contribution >= 0.6 is 0 Å². The molecule has 0 saturated heterocycles. The molecule has 1 aliphatic heterocycles. The van der Waals surface area contributed by atoms with E-state index in [2.05, 4.69) is 0 Å². The second-order valence-corrected chi connectivity index (χ2v) is 3.67. The van der Waals surface area contributed by atoms with E-state index in [4.69, 9.17) is 0 Å². The van der Waals surface area contributed by atoms with E-state index in [-0.39, 0.29) is 17.7 Å². The summed E-state index contributed by atoms with van der Waals surface area (Å²) < 4.78 is 0. The monoisotopic (exact) mass is 222 g/mol. The standard InChI is InChI=1S/C10H10N2O4/c1-11-8(13)5-6-3-2-4-7(12(15)16)9(6)10(11)14/h2-4,8,13H,5H2,1H3. The predicted octanol–water partition coefficient (Wildman–Crippen LogP) is 0.541. The van der Waals surface area contributed by atoms with Crippen LogP contribution in [0.3, 0.4) is 0 Å². The fraction of sp³-hybridized carbons (Fsp3) is 0.300. The van der Waals surface area contributed by atoms with Gasteiger partial charge in [-0.1, -0.05) is 12.1 Å². The van der Waals surface area contributed by atoms with Gasteiger partial charge < -0.3 is 10.0 Å². The number of aliphatic hydroxyl groups is 1. The Morgan fingerprint density at radius 3 is 2.88 bits per heavy atom. The van der Waals surface area contributed by atoms with Crippen LogP contribution in [0.15, 0.2) is 18.2 Å². The lowest BCUT2D eigenvalue weighted by molar-refractivity contribution is -0.385. The highest BCUT2D eigenvalue weighted by Crippen LogP contribution is 2.28. The van der Waals surface area contributed by atoms with E-state index in [1.54, 1.807) is 6.07 Å². The molecule has 0 bridgehead atoms. The Balaban J connectivity index is 2.62. The second kappa shape index (κ2) is 3.57. The van der Waals surface area contributed by atoms with Crippen molar-refractivity contribution in [3.8, 4) is 0 Å². The second-order valence-electron chi connectivity index (χ2n) is 3.67. The molecule has 0 fully saturated rings. The Bertz CT molecular complexity index is 472. The van der Waals surface area contributed by atoms with Crippen LogP contribution in [0.2, 0.25) is 0 Å². The van der Waals surface area contributed by atoms with E-state index in [0.29, 0.717) is 5.56 Å². The lowest BCUT2D eigenvalue weighted by Crippen LogP contribution is -2.43. The predicted molar refractivity (Wildman–Crippen MR) is 54.9 cm³/mol. The molecular weight excluding hydrogens is 212 g/mol. The zero-order chi connectivity index (χ0) is 11.9. The SMILES string of the molecule is CN1C(=O)c2c(cccc2[N+](=O)[O-])CC1O. The molecule has 6 heteroatoms. The summed E-state index contributed by atoms with van der Waals surface area (Å²) >= 11 is 0. The zero-order valence-corrected chi connectivity index (χ0v) is 8.58. The first-order valence-electron chi connectivity index (χ1n) is 4.74. The summed E-state index contributed by atoms with van der Waals surface area (Å²) in [7, 11) is 1.42. The maximum atomic E-state index is 11.8. The Kier molecular flexibility index (Phi) is 2.35. The number of nitrogens with zero attached hydrogens (tertiary/aromatic N) is 2. The van der Waals surface area contributed by atoms with Crippen LogP contribution in [0.4, 0.5) is 5.69 Å². The number of carbonyl (C=O) groups is 1. The average Bonchev–Trinajstić information content (AvgIpc) is 2.25. The first-order valence-corrected chi connectivity index (χ1v) is 4.74. The lowest BCUT2D eigenvalue weighted by atomic mass is 9.96. The summed E-state index contributed by atoms with van der Waals surface area (Å²) in [6.07, 6.45) is -0.693. The Hall–Kier alpha value is -1.95. The summed E-state index contributed by atoms with van der Waals surface area (Å²) in [4.78, 5) is 23.1. The fourth-order valence-electron chi connectivity index (χ4n) is 1.80. The minimum atomic E-state index is -0.915. The Morgan fingerprint density at radius 1 is 1.56 bits per heavy atom. The number of carbonyl (C=O) groups excluding carboxylic acids is 1. The van der Waals surface area contributed by atoms with E-state index in [0.717, 1.165) is 4.90 Å². The number of nitro groups is 1. The molecule has 1 unspecified atom stereocenters. The number of amides is 1. The van der Waals surface area contributed by atoms with Crippen LogP contribution in [-0.2, 0) is 6.42 Å². The van der Waals surface area contributed by atoms with Gasteiger partial charge in [0.25, 0.3) is 11.6 Å². The minimum absolute atomic E-state index is 0.0836. The number of hydrogen-bond donors (Lipinski definition) is 1. The molecule has 0 aromatic heterocycles. The van der Waals surface area contributed by atoms with Gasteiger partial charge in [-0.25, -0.2) is 0 Å². The summed E-state index contributed by atoms with van der Waals surface area (Å²) in [6.45, 7) is 0. The van der Waals surface area contributed by atoms with Gasteiger partial charge in [0.1, 0.15) is 11.8 Å². The molecule has 1 aromatic carbocycles. The van der Waals surface area contributed by atoms with Gasteiger partial charge in [-0.3, -0.25) is 14.9 Å². The van der Waals surface area contributed by atoms with Crippen LogP contribution < -0.4 is 0 Å². The van der Waals surface area contributed by atoms with Crippen LogP contribution in [0.25, 0.3) is 0 Å². The molecule has 16 heavy (non-hydrogen) atoms. The molecule has 1 N–H and O–H groups in total. The highest BCUT2D eigenvalue weighted by atomic mass is 16.6. The number of hydrogen-bond acceptors (Lipinski definition) is 4. The molecule has 0 radical (unpaired) electrons. The van der Waals surface area contributed by atoms with E-state index < -0.39 is 17.1 Å². The van der Waals surface area contributed by atoms with Gasteiger partial charge in [0, 0.05) is 19.5 Å². The van der Waals surface area contributed by atoms with Crippen molar-refractivity contribution in [2.24, 2.45) is 0 Å². The number of benzene rings is 1. The molecule has 6 nitrogen and oxygen atoms in total. The van der Waals surface area contributed by atoms with Gasteiger partial charge in [0.05, 0.1) is 4.92 Å². The van der Waals surface area contributed by atoms with Crippen molar-refractivity contribution in [2.75, 3.05) is 7.05 Å². The summed E-state index contributed by atoms with van der Waals surface area (Å²) in [5.74, 6) is -0.513. The van der Waals surface area contributed by atoms with Crippen molar-refractivity contribution in [3.05, 3.63) is 39.4 Å². The summed E-state index contributed by atoms with van der Waals surface area (Å²) in [6, 6.07) is 4.43. The molecule has 1 aliphatic rings. The Morgan fingerprint density at radius 2 is 2.25 bits per heavy atom. The quantitative estimate of drug-likeness (QED) is 0.555. The third-order valence-electron chi connectivity index (χ3n) is 2.71. The van der Waals surface area contributed by atoms with Gasteiger partial charge >= 0.3 is 0 Å². The third-order valence-corrected chi connectivity index (χ3v) is 2.71. The van der Waals surface area contributed by atoms with Crippen molar-refractivity contribution in [1.82, 2.24) is 4.90 Å². The van der Waals surface area contributed by atoms with Crippen LogP contribution in [0, 0.1) is 10.1 Å². The normalized spacial score (nSPS) is 19.5. The third kappa shape index (κ3) is 1.43. The smallest absolute Gasteiger partial charge is 0.282 e. The molecule has 0 spiro atoms. The van der Waals surface area contributed by atoms with E-state index in [1.807, 2.05) is 0 Å². The molecule has 2 rings (SSSR count).